The number of hydrogen-bond donors (Lipinski definition) is 1. The molecule has 1 atom stereocenters. The van der Waals surface area contributed by atoms with Crippen molar-refractivity contribution in [1.29, 1.82) is 0 Å². The van der Waals surface area contributed by atoms with Crippen LogP contribution in [0.3, 0.4) is 0 Å². The van der Waals surface area contributed by atoms with E-state index >= 15 is 0 Å². The van der Waals surface area contributed by atoms with Gasteiger partial charge < -0.3 is 10.3 Å². The Labute approximate surface area is 112 Å². The van der Waals surface area contributed by atoms with Gasteiger partial charge in [0, 0.05) is 6.54 Å². The predicted octanol–water partition coefficient (Wildman–Crippen LogP) is 2.89. The summed E-state index contributed by atoms with van der Waals surface area (Å²) in [6.45, 7) is 2.65. The molecule has 96 valence electrons. The van der Waals surface area contributed by atoms with E-state index in [0.717, 1.165) is 11.0 Å². The van der Waals surface area contributed by atoms with Gasteiger partial charge in [-0.2, -0.15) is 0 Å². The highest BCUT2D eigenvalue weighted by Crippen LogP contribution is 2.23. The van der Waals surface area contributed by atoms with Crippen molar-refractivity contribution in [2.75, 3.05) is 6.54 Å². The van der Waals surface area contributed by atoms with E-state index in [-0.39, 0.29) is 6.04 Å². The lowest BCUT2D eigenvalue weighted by Gasteiger charge is -2.18. The molecule has 0 radical (unpaired) electrons. The Kier molecular flexibility index (Phi) is 3.05. The number of aromatic nitrogens is 2. The molecule has 1 heterocycles. The first kappa shape index (κ1) is 11.9. The number of imidazole rings is 1. The highest BCUT2D eigenvalue weighted by atomic mass is 15.1. The molecular weight excluding hydrogens is 234 g/mol. The SMILES string of the molecule is Cc1ccc(C(CN)n2cnc3ccccc32)cc1. The zero-order valence-electron chi connectivity index (χ0n) is 11.0. The molecule has 0 amide bonds. The highest BCUT2D eigenvalue weighted by molar-refractivity contribution is 5.75. The standard InChI is InChI=1S/C16H17N3/c1-12-6-8-13(9-7-12)16(10-17)19-11-18-14-4-2-3-5-15(14)19/h2-9,11,16H,10,17H2,1H3. The smallest absolute Gasteiger partial charge is 0.0964 e. The third kappa shape index (κ3) is 2.13. The van der Waals surface area contributed by atoms with Crippen LogP contribution in [0.15, 0.2) is 54.9 Å². The van der Waals surface area contributed by atoms with Gasteiger partial charge in [-0.1, -0.05) is 42.0 Å². The minimum Gasteiger partial charge on any atom is -0.328 e. The van der Waals surface area contributed by atoms with Crippen LogP contribution in [0.5, 0.6) is 0 Å². The second kappa shape index (κ2) is 4.86. The number of para-hydroxylation sites is 2. The van der Waals surface area contributed by atoms with Crippen molar-refractivity contribution in [1.82, 2.24) is 9.55 Å². The van der Waals surface area contributed by atoms with Gasteiger partial charge in [0.2, 0.25) is 0 Å². The number of hydrogen-bond acceptors (Lipinski definition) is 2. The molecule has 19 heavy (non-hydrogen) atoms. The van der Waals surface area contributed by atoms with Gasteiger partial charge in [-0.3, -0.25) is 0 Å². The van der Waals surface area contributed by atoms with Crippen molar-refractivity contribution in [3.8, 4) is 0 Å². The fourth-order valence-corrected chi connectivity index (χ4v) is 2.43. The Bertz CT molecular complexity index is 683. The molecule has 3 rings (SSSR count). The van der Waals surface area contributed by atoms with Crippen LogP contribution >= 0.6 is 0 Å². The first-order valence-electron chi connectivity index (χ1n) is 6.48. The molecule has 0 saturated carbocycles. The summed E-state index contributed by atoms with van der Waals surface area (Å²) in [6, 6.07) is 16.8. The third-order valence-electron chi connectivity index (χ3n) is 3.50. The first-order valence-corrected chi connectivity index (χ1v) is 6.48. The van der Waals surface area contributed by atoms with Crippen LogP contribution in [0, 0.1) is 6.92 Å². The summed E-state index contributed by atoms with van der Waals surface area (Å²) in [5.41, 5.74) is 10.6. The van der Waals surface area contributed by atoms with Crippen molar-refractivity contribution >= 4 is 11.0 Å². The lowest BCUT2D eigenvalue weighted by atomic mass is 10.0. The van der Waals surface area contributed by atoms with E-state index in [1.165, 1.54) is 11.1 Å². The summed E-state index contributed by atoms with van der Waals surface area (Å²) in [4.78, 5) is 4.44. The summed E-state index contributed by atoms with van der Waals surface area (Å²) in [7, 11) is 0. The van der Waals surface area contributed by atoms with Crippen LogP contribution < -0.4 is 5.73 Å². The van der Waals surface area contributed by atoms with E-state index in [9.17, 15) is 0 Å². The maximum Gasteiger partial charge on any atom is 0.0964 e. The Morgan fingerprint density at radius 2 is 1.84 bits per heavy atom. The van der Waals surface area contributed by atoms with Crippen LogP contribution in [0.25, 0.3) is 11.0 Å². The lowest BCUT2D eigenvalue weighted by Crippen LogP contribution is -2.19. The summed E-state index contributed by atoms with van der Waals surface area (Å²) >= 11 is 0. The Morgan fingerprint density at radius 3 is 2.58 bits per heavy atom. The van der Waals surface area contributed by atoms with Crippen molar-refractivity contribution in [2.24, 2.45) is 5.73 Å². The quantitative estimate of drug-likeness (QED) is 0.778. The van der Waals surface area contributed by atoms with Gasteiger partial charge in [-0.25, -0.2) is 4.98 Å². The maximum absolute atomic E-state index is 5.98. The molecule has 3 nitrogen and oxygen atoms in total. The molecule has 0 aliphatic carbocycles. The number of benzene rings is 2. The summed E-state index contributed by atoms with van der Waals surface area (Å²) in [5.74, 6) is 0. The van der Waals surface area contributed by atoms with Crippen LogP contribution in [0.4, 0.5) is 0 Å². The van der Waals surface area contributed by atoms with Crippen LogP contribution in [-0.2, 0) is 0 Å². The minimum atomic E-state index is 0.132. The Balaban J connectivity index is 2.09. The van der Waals surface area contributed by atoms with Gasteiger partial charge in [0.1, 0.15) is 0 Å². The van der Waals surface area contributed by atoms with Gasteiger partial charge in [0.15, 0.2) is 0 Å². The van der Waals surface area contributed by atoms with Crippen molar-refractivity contribution < 1.29 is 0 Å². The third-order valence-corrected chi connectivity index (χ3v) is 3.50. The second-order valence-corrected chi connectivity index (χ2v) is 4.80. The average Bonchev–Trinajstić information content (AvgIpc) is 2.86. The van der Waals surface area contributed by atoms with E-state index in [2.05, 4.69) is 46.8 Å². The molecule has 0 spiro atoms. The minimum absolute atomic E-state index is 0.132. The number of rotatable bonds is 3. The van der Waals surface area contributed by atoms with Crippen LogP contribution in [0.1, 0.15) is 17.2 Å². The second-order valence-electron chi connectivity index (χ2n) is 4.80. The van der Waals surface area contributed by atoms with E-state index in [0.29, 0.717) is 6.54 Å². The molecule has 0 aliphatic rings. The van der Waals surface area contributed by atoms with Crippen LogP contribution in [0.2, 0.25) is 0 Å². The molecule has 3 aromatic rings. The van der Waals surface area contributed by atoms with Crippen molar-refractivity contribution in [3.05, 3.63) is 66.0 Å². The highest BCUT2D eigenvalue weighted by Gasteiger charge is 2.14. The van der Waals surface area contributed by atoms with Gasteiger partial charge in [0.25, 0.3) is 0 Å². The average molecular weight is 251 g/mol. The van der Waals surface area contributed by atoms with Gasteiger partial charge in [0.05, 0.1) is 23.4 Å². The molecule has 2 aromatic carbocycles. The fraction of sp³-hybridized carbons (Fsp3) is 0.188. The van der Waals surface area contributed by atoms with Gasteiger partial charge >= 0.3 is 0 Å². The van der Waals surface area contributed by atoms with Crippen molar-refractivity contribution in [2.45, 2.75) is 13.0 Å². The van der Waals surface area contributed by atoms with Gasteiger partial charge in [-0.15, -0.1) is 0 Å². The molecule has 2 N–H and O–H groups in total. The van der Waals surface area contributed by atoms with Gasteiger partial charge in [-0.05, 0) is 24.6 Å². The monoisotopic (exact) mass is 251 g/mol. The maximum atomic E-state index is 5.98. The molecule has 3 heteroatoms. The fourth-order valence-electron chi connectivity index (χ4n) is 2.43. The lowest BCUT2D eigenvalue weighted by molar-refractivity contribution is 0.610. The topological polar surface area (TPSA) is 43.8 Å². The molecule has 0 bridgehead atoms. The molecule has 1 unspecified atom stereocenters. The number of fused-ring (bicyclic) bond motifs is 1. The number of nitrogens with two attached hydrogens (primary N) is 1. The van der Waals surface area contributed by atoms with Crippen LogP contribution in [-0.4, -0.2) is 16.1 Å². The molecule has 1 aromatic heterocycles. The van der Waals surface area contributed by atoms with E-state index < -0.39 is 0 Å². The molecular formula is C16H17N3. The Morgan fingerprint density at radius 1 is 1.11 bits per heavy atom. The molecule has 0 aliphatic heterocycles. The van der Waals surface area contributed by atoms with E-state index in [4.69, 9.17) is 5.73 Å². The summed E-state index contributed by atoms with van der Waals surface area (Å²) in [5, 5.41) is 0. The first-order chi connectivity index (χ1) is 9.29. The van der Waals surface area contributed by atoms with E-state index in [1.807, 2.05) is 24.5 Å². The normalized spacial score (nSPS) is 12.7. The number of nitrogens with zero attached hydrogens (tertiary/aromatic N) is 2. The largest absolute Gasteiger partial charge is 0.328 e. The molecule has 0 fully saturated rings. The Hall–Kier alpha value is -2.13. The zero-order chi connectivity index (χ0) is 13.2. The number of aryl methyl sites for hydroxylation is 1. The van der Waals surface area contributed by atoms with E-state index in [1.54, 1.807) is 0 Å². The molecule has 0 saturated heterocycles. The van der Waals surface area contributed by atoms with Crippen molar-refractivity contribution in [3.63, 3.8) is 0 Å². The zero-order valence-corrected chi connectivity index (χ0v) is 11.0. The summed E-state index contributed by atoms with van der Waals surface area (Å²) < 4.78 is 2.15. The summed E-state index contributed by atoms with van der Waals surface area (Å²) in [6.07, 6.45) is 1.88. The predicted molar refractivity (Wildman–Crippen MR) is 78.1 cm³/mol.